The van der Waals surface area contributed by atoms with Gasteiger partial charge in [0, 0.05) is 50.5 Å². The van der Waals surface area contributed by atoms with Crippen LogP contribution in [-0.4, -0.2) is 78.4 Å². The standard InChI is InChI=1S/C26H29N7O.C2HF3O2/c1-19-6-8-20(9-7-19)30-14-16-31(17-15-30)26(34)24-23-18-27-12-13-32(23)25(29-24)22-10-11-28-33(22)21-4-2-3-5-21;3-2(4,5)1(6)7/h6-13,18,21H,2-5,14-17H2,1H3;(H,6,7). The fourth-order valence-electron chi connectivity index (χ4n) is 5.28. The number of hydrogen-bond donors (Lipinski definition) is 1. The number of fused-ring (bicyclic) bond motifs is 1. The van der Waals surface area contributed by atoms with Gasteiger partial charge in [-0.2, -0.15) is 18.3 Å². The van der Waals surface area contributed by atoms with Gasteiger partial charge < -0.3 is 14.9 Å². The molecule has 0 spiro atoms. The number of carboxylic acid groups (broad SMARTS) is 1. The van der Waals surface area contributed by atoms with E-state index in [1.807, 2.05) is 27.8 Å². The fourth-order valence-corrected chi connectivity index (χ4v) is 5.28. The Labute approximate surface area is 234 Å². The van der Waals surface area contributed by atoms with Crippen molar-refractivity contribution in [1.29, 1.82) is 0 Å². The number of hydrogen-bond acceptors (Lipinski definition) is 6. The highest BCUT2D eigenvalue weighted by Gasteiger charge is 2.38. The molecule has 1 saturated carbocycles. The van der Waals surface area contributed by atoms with Crippen LogP contribution in [0.1, 0.15) is 47.8 Å². The van der Waals surface area contributed by atoms with Crippen molar-refractivity contribution >= 4 is 23.1 Å². The fraction of sp³-hybridized carbons (Fsp3) is 0.393. The lowest BCUT2D eigenvalue weighted by Crippen LogP contribution is -2.49. The number of amides is 1. The SMILES string of the molecule is Cc1ccc(N2CCN(C(=O)c3nc(-c4ccnn4C4CCCC4)n4ccncc34)CC2)cc1.O=C(O)C(F)(F)F. The van der Waals surface area contributed by atoms with Crippen LogP contribution in [0.5, 0.6) is 0 Å². The number of carbonyl (C=O) groups excluding carboxylic acids is 1. The largest absolute Gasteiger partial charge is 0.490 e. The molecular formula is C28H30F3N7O3. The van der Waals surface area contributed by atoms with Gasteiger partial charge in [-0.05, 0) is 38.0 Å². The molecular weight excluding hydrogens is 539 g/mol. The number of halogens is 3. The first-order valence-electron chi connectivity index (χ1n) is 13.4. The number of aliphatic carboxylic acids is 1. The molecule has 1 aromatic carbocycles. The Morgan fingerprint density at radius 2 is 1.63 bits per heavy atom. The summed E-state index contributed by atoms with van der Waals surface area (Å²) in [6, 6.07) is 11.0. The van der Waals surface area contributed by atoms with Gasteiger partial charge in [0.2, 0.25) is 0 Å². The van der Waals surface area contributed by atoms with E-state index in [4.69, 9.17) is 14.9 Å². The summed E-state index contributed by atoms with van der Waals surface area (Å²) < 4.78 is 35.8. The number of anilines is 1. The Bertz CT molecular complexity index is 1520. The van der Waals surface area contributed by atoms with Crippen molar-refractivity contribution in [2.75, 3.05) is 31.1 Å². The van der Waals surface area contributed by atoms with E-state index in [9.17, 15) is 18.0 Å². The summed E-state index contributed by atoms with van der Waals surface area (Å²) in [6.45, 7) is 5.04. The van der Waals surface area contributed by atoms with E-state index >= 15 is 0 Å². The maximum Gasteiger partial charge on any atom is 0.490 e. The van der Waals surface area contributed by atoms with Gasteiger partial charge in [-0.25, -0.2) is 9.78 Å². The van der Waals surface area contributed by atoms with Crippen molar-refractivity contribution in [3.8, 4) is 11.5 Å². The van der Waals surface area contributed by atoms with Crippen molar-refractivity contribution in [2.45, 2.75) is 44.8 Å². The molecule has 1 N–H and O–H groups in total. The molecule has 1 aliphatic heterocycles. The summed E-state index contributed by atoms with van der Waals surface area (Å²) in [4.78, 5) is 35.9. The summed E-state index contributed by atoms with van der Waals surface area (Å²) in [5.74, 6) is -2.04. The van der Waals surface area contributed by atoms with Crippen molar-refractivity contribution in [1.82, 2.24) is 29.0 Å². The molecule has 10 nitrogen and oxygen atoms in total. The van der Waals surface area contributed by atoms with Crippen LogP contribution in [0.15, 0.2) is 55.1 Å². The lowest BCUT2D eigenvalue weighted by molar-refractivity contribution is -0.192. The van der Waals surface area contributed by atoms with E-state index in [-0.39, 0.29) is 5.91 Å². The van der Waals surface area contributed by atoms with Gasteiger partial charge in [0.1, 0.15) is 5.69 Å². The maximum atomic E-state index is 13.6. The molecule has 1 amide bonds. The van der Waals surface area contributed by atoms with Crippen molar-refractivity contribution < 1.29 is 27.9 Å². The first-order valence-corrected chi connectivity index (χ1v) is 13.4. The van der Waals surface area contributed by atoms with Gasteiger partial charge in [-0.15, -0.1) is 0 Å². The van der Waals surface area contributed by atoms with E-state index in [0.717, 1.165) is 43.0 Å². The Balaban J connectivity index is 0.000000431. The minimum Gasteiger partial charge on any atom is -0.475 e. The van der Waals surface area contributed by atoms with Gasteiger partial charge in [-0.1, -0.05) is 30.5 Å². The lowest BCUT2D eigenvalue weighted by Gasteiger charge is -2.36. The van der Waals surface area contributed by atoms with Crippen LogP contribution in [0.4, 0.5) is 18.9 Å². The number of piperazine rings is 1. The number of imidazole rings is 1. The third kappa shape index (κ3) is 6.03. The highest BCUT2D eigenvalue weighted by atomic mass is 19.4. The topological polar surface area (TPSA) is 109 Å². The second kappa shape index (κ2) is 11.6. The monoisotopic (exact) mass is 569 g/mol. The first kappa shape index (κ1) is 28.1. The van der Waals surface area contributed by atoms with Crippen LogP contribution in [-0.2, 0) is 4.79 Å². The van der Waals surface area contributed by atoms with E-state index < -0.39 is 12.1 Å². The molecule has 0 bridgehead atoms. The summed E-state index contributed by atoms with van der Waals surface area (Å²) in [5.41, 5.74) is 4.62. The van der Waals surface area contributed by atoms with Gasteiger partial charge in [0.05, 0.1) is 17.8 Å². The summed E-state index contributed by atoms with van der Waals surface area (Å²) in [5, 5.41) is 11.7. The molecule has 216 valence electrons. The van der Waals surface area contributed by atoms with Crippen LogP contribution in [0.3, 0.4) is 0 Å². The molecule has 1 aliphatic carbocycles. The van der Waals surface area contributed by atoms with Crippen molar-refractivity contribution in [3.63, 3.8) is 0 Å². The average Bonchev–Trinajstić information content (AvgIpc) is 3.73. The molecule has 41 heavy (non-hydrogen) atoms. The summed E-state index contributed by atoms with van der Waals surface area (Å²) in [7, 11) is 0. The van der Waals surface area contributed by atoms with E-state index in [1.165, 1.54) is 24.1 Å². The zero-order valence-corrected chi connectivity index (χ0v) is 22.5. The third-order valence-corrected chi connectivity index (χ3v) is 7.43. The molecule has 4 aromatic rings. The van der Waals surface area contributed by atoms with Crippen LogP contribution < -0.4 is 4.90 Å². The number of rotatable bonds is 4. The molecule has 2 fully saturated rings. The summed E-state index contributed by atoms with van der Waals surface area (Å²) in [6.07, 6.45) is 6.85. The number of carboxylic acids is 1. The minimum atomic E-state index is -5.08. The van der Waals surface area contributed by atoms with Crippen molar-refractivity contribution in [2.24, 2.45) is 0 Å². The minimum absolute atomic E-state index is 0.0350. The Kier molecular flexibility index (Phi) is 7.95. The van der Waals surface area contributed by atoms with Crippen LogP contribution in [0, 0.1) is 6.92 Å². The highest BCUT2D eigenvalue weighted by Crippen LogP contribution is 2.33. The molecule has 3 aromatic heterocycles. The maximum absolute atomic E-state index is 13.6. The zero-order chi connectivity index (χ0) is 29.1. The lowest BCUT2D eigenvalue weighted by atomic mass is 10.2. The van der Waals surface area contributed by atoms with E-state index in [2.05, 4.69) is 50.9 Å². The number of aromatic nitrogens is 5. The Hall–Kier alpha value is -4.42. The van der Waals surface area contributed by atoms with Crippen LogP contribution in [0.25, 0.3) is 17.0 Å². The smallest absolute Gasteiger partial charge is 0.475 e. The van der Waals surface area contributed by atoms with E-state index in [0.29, 0.717) is 24.8 Å². The first-order chi connectivity index (χ1) is 19.6. The predicted molar refractivity (Wildman–Crippen MR) is 145 cm³/mol. The molecule has 2 aliphatic rings. The normalized spacial score (nSPS) is 16.1. The highest BCUT2D eigenvalue weighted by molar-refractivity contribution is 6.00. The number of alkyl halides is 3. The molecule has 0 radical (unpaired) electrons. The Morgan fingerprint density at radius 1 is 0.976 bits per heavy atom. The molecule has 0 unspecified atom stereocenters. The molecule has 1 saturated heterocycles. The molecule has 4 heterocycles. The second-order valence-electron chi connectivity index (χ2n) is 10.1. The van der Waals surface area contributed by atoms with Gasteiger partial charge in [0.15, 0.2) is 11.5 Å². The number of carbonyl (C=O) groups is 2. The summed E-state index contributed by atoms with van der Waals surface area (Å²) >= 11 is 0. The molecule has 13 heteroatoms. The van der Waals surface area contributed by atoms with Gasteiger partial charge >= 0.3 is 12.1 Å². The van der Waals surface area contributed by atoms with Crippen molar-refractivity contribution in [3.05, 3.63) is 66.4 Å². The second-order valence-corrected chi connectivity index (χ2v) is 10.1. The molecule has 0 atom stereocenters. The quantitative estimate of drug-likeness (QED) is 0.382. The van der Waals surface area contributed by atoms with Crippen LogP contribution in [0.2, 0.25) is 0 Å². The molecule has 6 rings (SSSR count). The predicted octanol–water partition coefficient (Wildman–Crippen LogP) is 4.61. The Morgan fingerprint density at radius 3 is 2.27 bits per heavy atom. The van der Waals surface area contributed by atoms with Crippen LogP contribution >= 0.6 is 0 Å². The third-order valence-electron chi connectivity index (χ3n) is 7.43. The van der Waals surface area contributed by atoms with Gasteiger partial charge in [0.25, 0.3) is 5.91 Å². The number of benzene rings is 1. The number of nitrogens with zero attached hydrogens (tertiary/aromatic N) is 7. The van der Waals surface area contributed by atoms with Gasteiger partial charge in [-0.3, -0.25) is 18.9 Å². The number of aryl methyl sites for hydroxylation is 1. The van der Waals surface area contributed by atoms with E-state index in [1.54, 1.807) is 12.4 Å². The zero-order valence-electron chi connectivity index (χ0n) is 22.5. The average molecular weight is 570 g/mol.